The molecule has 3 saturated carbocycles. The van der Waals surface area contributed by atoms with Crippen molar-refractivity contribution in [3.8, 4) is 0 Å². The van der Waals surface area contributed by atoms with Crippen molar-refractivity contribution in [2.24, 2.45) is 46.3 Å². The van der Waals surface area contributed by atoms with Crippen molar-refractivity contribution >= 4 is 38.3 Å². The van der Waals surface area contributed by atoms with Gasteiger partial charge in [0.25, 0.3) is 0 Å². The minimum Gasteiger partial charge on any atom is -0.481 e. The minimum absolute atomic E-state index is 0.314. The highest BCUT2D eigenvalue weighted by Crippen LogP contribution is 2.68. The van der Waals surface area contributed by atoms with E-state index in [1.807, 2.05) is 5.57 Å². The summed E-state index contributed by atoms with van der Waals surface area (Å²) in [5.74, 6) is 5.27. The summed E-state index contributed by atoms with van der Waals surface area (Å²) in [6, 6.07) is 19.1. The van der Waals surface area contributed by atoms with E-state index in [0.717, 1.165) is 61.2 Å². The highest BCUT2D eigenvalue weighted by molar-refractivity contribution is 6.23. The molecule has 55 heavy (non-hydrogen) atoms. The molecular formula is C53H72O2. The molecule has 4 aromatic carbocycles. The van der Waals surface area contributed by atoms with Gasteiger partial charge in [-0.05, 0) is 166 Å². The summed E-state index contributed by atoms with van der Waals surface area (Å²) in [6.45, 7) is 12.9. The Hall–Kier alpha value is -2.87. The molecule has 4 aliphatic rings. The molecule has 2 heteroatoms. The average molecular weight is 741 g/mol. The van der Waals surface area contributed by atoms with E-state index < -0.39 is 5.97 Å². The Bertz CT molecular complexity index is 1970. The molecule has 0 aromatic heterocycles. The number of rotatable bonds is 16. The van der Waals surface area contributed by atoms with Gasteiger partial charge in [-0.3, -0.25) is 4.79 Å². The lowest BCUT2D eigenvalue weighted by atomic mass is 9.46. The molecule has 0 spiro atoms. The number of carboxylic acids is 1. The third kappa shape index (κ3) is 7.40. The first-order valence-corrected chi connectivity index (χ1v) is 23.2. The Morgan fingerprint density at radius 1 is 0.764 bits per heavy atom. The van der Waals surface area contributed by atoms with Gasteiger partial charge in [-0.2, -0.15) is 0 Å². The quantitative estimate of drug-likeness (QED) is 0.0705. The summed E-state index contributed by atoms with van der Waals surface area (Å²) in [5.41, 5.74) is 6.05. The van der Waals surface area contributed by atoms with E-state index in [0.29, 0.717) is 23.2 Å². The van der Waals surface area contributed by atoms with Crippen LogP contribution in [0.1, 0.15) is 174 Å². The summed E-state index contributed by atoms with van der Waals surface area (Å²) in [6.07, 6.45) is 27.7. The first kappa shape index (κ1) is 39.0. The predicted molar refractivity (Wildman–Crippen MR) is 234 cm³/mol. The topological polar surface area (TPSA) is 37.3 Å². The summed E-state index contributed by atoms with van der Waals surface area (Å²) in [7, 11) is 0. The van der Waals surface area contributed by atoms with Gasteiger partial charge >= 0.3 is 5.97 Å². The van der Waals surface area contributed by atoms with Crippen molar-refractivity contribution in [3.05, 3.63) is 71.3 Å². The van der Waals surface area contributed by atoms with Crippen LogP contribution < -0.4 is 0 Å². The Labute approximate surface area is 333 Å². The molecule has 0 amide bonds. The largest absolute Gasteiger partial charge is 0.481 e. The molecule has 296 valence electrons. The van der Waals surface area contributed by atoms with E-state index in [1.54, 1.807) is 11.1 Å². The van der Waals surface area contributed by atoms with E-state index in [2.05, 4.69) is 89.2 Å². The average Bonchev–Trinajstić information content (AvgIpc) is 3.53. The van der Waals surface area contributed by atoms with E-state index in [1.165, 1.54) is 129 Å². The SMILES string of the molecule is CC(C)CCC[C@@H](C)[C@H]1CC[C@H]2[C@@H]3CC=C4C[C@@H](c5cc6ccc7cccc8ccc(c5CCCCCCCCCC(=O)O)c6c78)CC[C@]4(C)[C@H]3CC[C@]12C. The molecule has 0 saturated heterocycles. The van der Waals surface area contributed by atoms with Gasteiger partial charge in [0.05, 0.1) is 0 Å². The van der Waals surface area contributed by atoms with Crippen molar-refractivity contribution in [2.75, 3.05) is 0 Å². The standard InChI is InChI=1S/C53H72O2/c1-35(2)15-13-16-36(3)46-27-28-47-44-26-24-41-33-39(29-31-52(41,4)48(44)30-32-53(46,47)5)45-34-40-22-21-37-17-14-18-38-23-25-43(51(40)50(37)38)42(45)19-11-9-7-6-8-10-12-20-49(54)55/h14,17-18,21-25,34-36,39,44,46-48H,6-13,15-16,19-20,26-33H2,1-5H3,(H,54,55)/t36-,39+,44+,46-,47+,48+,52+,53-/m1/s1. The summed E-state index contributed by atoms with van der Waals surface area (Å²) in [5, 5.41) is 17.6. The molecule has 0 bridgehead atoms. The predicted octanol–water partition coefficient (Wildman–Crippen LogP) is 15.5. The second-order valence-electron chi connectivity index (χ2n) is 20.4. The lowest BCUT2D eigenvalue weighted by molar-refractivity contribution is -0.137. The molecule has 4 aromatic rings. The van der Waals surface area contributed by atoms with Gasteiger partial charge in [-0.25, -0.2) is 0 Å². The molecule has 1 N–H and O–H groups in total. The molecule has 2 nitrogen and oxygen atoms in total. The highest BCUT2D eigenvalue weighted by Gasteiger charge is 2.59. The molecule has 8 rings (SSSR count). The number of aliphatic carboxylic acids is 1. The molecule has 0 aliphatic heterocycles. The van der Waals surface area contributed by atoms with Gasteiger partial charge in [-0.15, -0.1) is 0 Å². The highest BCUT2D eigenvalue weighted by atomic mass is 16.4. The van der Waals surface area contributed by atoms with Crippen molar-refractivity contribution < 1.29 is 9.90 Å². The third-order valence-corrected chi connectivity index (χ3v) is 16.9. The summed E-state index contributed by atoms with van der Waals surface area (Å²) in [4.78, 5) is 10.9. The fraction of sp³-hybridized carbons (Fsp3) is 0.642. The van der Waals surface area contributed by atoms with Crippen molar-refractivity contribution in [1.82, 2.24) is 0 Å². The molecular weight excluding hydrogens is 669 g/mol. The smallest absolute Gasteiger partial charge is 0.303 e. The first-order valence-electron chi connectivity index (χ1n) is 23.2. The fourth-order valence-corrected chi connectivity index (χ4v) is 13.9. The van der Waals surface area contributed by atoms with Gasteiger partial charge in [0, 0.05) is 6.42 Å². The zero-order valence-electron chi connectivity index (χ0n) is 35.2. The zero-order valence-corrected chi connectivity index (χ0v) is 35.2. The van der Waals surface area contributed by atoms with E-state index in [4.69, 9.17) is 5.11 Å². The monoisotopic (exact) mass is 741 g/mol. The van der Waals surface area contributed by atoms with E-state index in [-0.39, 0.29) is 0 Å². The Morgan fingerprint density at radius 2 is 1.49 bits per heavy atom. The van der Waals surface area contributed by atoms with Crippen molar-refractivity contribution in [2.45, 2.75) is 169 Å². The number of aryl methyl sites for hydroxylation is 1. The van der Waals surface area contributed by atoms with Gasteiger partial charge in [0.2, 0.25) is 0 Å². The van der Waals surface area contributed by atoms with Crippen LogP contribution in [0.15, 0.2) is 60.2 Å². The van der Waals surface area contributed by atoms with Crippen LogP contribution in [0.3, 0.4) is 0 Å². The maximum absolute atomic E-state index is 10.9. The Morgan fingerprint density at radius 3 is 2.25 bits per heavy atom. The maximum Gasteiger partial charge on any atom is 0.303 e. The van der Waals surface area contributed by atoms with Crippen LogP contribution in [0, 0.1) is 46.3 Å². The van der Waals surface area contributed by atoms with Crippen LogP contribution in [-0.2, 0) is 11.2 Å². The number of carbonyl (C=O) groups is 1. The van der Waals surface area contributed by atoms with Crippen LogP contribution in [0.2, 0.25) is 0 Å². The third-order valence-electron chi connectivity index (χ3n) is 16.9. The lowest BCUT2D eigenvalue weighted by Gasteiger charge is -2.58. The number of unbranched alkanes of at least 4 members (excludes halogenated alkanes) is 6. The molecule has 0 heterocycles. The fourth-order valence-electron chi connectivity index (χ4n) is 13.9. The normalized spacial score (nSPS) is 29.8. The van der Waals surface area contributed by atoms with E-state index in [9.17, 15) is 4.79 Å². The van der Waals surface area contributed by atoms with E-state index >= 15 is 0 Å². The van der Waals surface area contributed by atoms with Crippen LogP contribution in [0.4, 0.5) is 0 Å². The summed E-state index contributed by atoms with van der Waals surface area (Å²) < 4.78 is 0. The molecule has 0 unspecified atom stereocenters. The zero-order chi connectivity index (χ0) is 38.3. The Balaban J connectivity index is 1.02. The van der Waals surface area contributed by atoms with Crippen LogP contribution >= 0.6 is 0 Å². The molecule has 3 fully saturated rings. The second kappa shape index (κ2) is 16.2. The number of fused-ring (bicyclic) bond motifs is 5. The lowest BCUT2D eigenvalue weighted by Crippen LogP contribution is -2.50. The van der Waals surface area contributed by atoms with Crippen LogP contribution in [0.25, 0.3) is 32.3 Å². The summed E-state index contributed by atoms with van der Waals surface area (Å²) >= 11 is 0. The first-order chi connectivity index (χ1) is 26.6. The second-order valence-corrected chi connectivity index (χ2v) is 20.4. The van der Waals surface area contributed by atoms with Gasteiger partial charge in [-0.1, -0.05) is 146 Å². The van der Waals surface area contributed by atoms with Crippen molar-refractivity contribution in [3.63, 3.8) is 0 Å². The van der Waals surface area contributed by atoms with Crippen LogP contribution in [-0.4, -0.2) is 11.1 Å². The van der Waals surface area contributed by atoms with Gasteiger partial charge in [0.1, 0.15) is 0 Å². The molecule has 0 radical (unpaired) electrons. The number of hydrogen-bond donors (Lipinski definition) is 1. The van der Waals surface area contributed by atoms with Crippen LogP contribution in [0.5, 0.6) is 0 Å². The van der Waals surface area contributed by atoms with Gasteiger partial charge < -0.3 is 5.11 Å². The number of carboxylic acid groups (broad SMARTS) is 1. The number of allylic oxidation sites excluding steroid dienone is 2. The van der Waals surface area contributed by atoms with Crippen molar-refractivity contribution in [1.29, 1.82) is 0 Å². The maximum atomic E-state index is 10.9. The number of benzene rings is 4. The minimum atomic E-state index is -0.660. The molecule has 8 atom stereocenters. The number of hydrogen-bond acceptors (Lipinski definition) is 1. The van der Waals surface area contributed by atoms with Gasteiger partial charge in [0.15, 0.2) is 0 Å². The molecule has 4 aliphatic carbocycles. The Kier molecular flexibility index (Phi) is 11.5.